The van der Waals surface area contributed by atoms with Crippen LogP contribution in [0.25, 0.3) is 17.4 Å². The summed E-state index contributed by atoms with van der Waals surface area (Å²) in [6, 6.07) is 9.10. The fraction of sp³-hybridized carbons (Fsp3) is 0.0625. The van der Waals surface area contributed by atoms with Gasteiger partial charge in [0.1, 0.15) is 17.2 Å². The highest BCUT2D eigenvalue weighted by Gasteiger charge is 2.30. The van der Waals surface area contributed by atoms with Gasteiger partial charge in [0.15, 0.2) is 0 Å². The number of hydrogen-bond acceptors (Lipinski definition) is 4. The molecule has 1 saturated heterocycles. The minimum absolute atomic E-state index is 0.139. The number of furan rings is 1. The maximum absolute atomic E-state index is 11.8. The molecule has 3 rings (SSSR count). The SMILES string of the molecule is CN1C(=O)N/C(=C/c2ccc(-c3ccc(C(=O)O)cc3)o2)C1=O. The molecule has 116 valence electrons. The summed E-state index contributed by atoms with van der Waals surface area (Å²) in [5, 5.41) is 11.3. The molecule has 0 unspecified atom stereocenters. The van der Waals surface area contributed by atoms with Crippen LogP contribution in [0.5, 0.6) is 0 Å². The van der Waals surface area contributed by atoms with E-state index in [1.165, 1.54) is 25.3 Å². The second-order valence-electron chi connectivity index (χ2n) is 4.94. The second-order valence-corrected chi connectivity index (χ2v) is 4.94. The van der Waals surface area contributed by atoms with Crippen LogP contribution in [0.1, 0.15) is 16.1 Å². The number of urea groups is 1. The van der Waals surface area contributed by atoms with Gasteiger partial charge < -0.3 is 14.8 Å². The zero-order valence-corrected chi connectivity index (χ0v) is 12.1. The van der Waals surface area contributed by atoms with E-state index in [4.69, 9.17) is 9.52 Å². The van der Waals surface area contributed by atoms with Gasteiger partial charge in [-0.2, -0.15) is 0 Å². The van der Waals surface area contributed by atoms with Gasteiger partial charge in [0.2, 0.25) is 0 Å². The van der Waals surface area contributed by atoms with E-state index in [-0.39, 0.29) is 11.3 Å². The number of hydrogen-bond donors (Lipinski definition) is 2. The quantitative estimate of drug-likeness (QED) is 0.668. The Balaban J connectivity index is 1.85. The first-order valence-corrected chi connectivity index (χ1v) is 6.70. The van der Waals surface area contributed by atoms with Gasteiger partial charge in [-0.3, -0.25) is 9.69 Å². The third-order valence-corrected chi connectivity index (χ3v) is 3.41. The van der Waals surface area contributed by atoms with Crippen LogP contribution >= 0.6 is 0 Å². The summed E-state index contributed by atoms with van der Waals surface area (Å²) in [6.07, 6.45) is 1.44. The van der Waals surface area contributed by atoms with Gasteiger partial charge in [0.05, 0.1) is 5.56 Å². The first kappa shape index (κ1) is 14.6. The molecule has 0 bridgehead atoms. The lowest BCUT2D eigenvalue weighted by Crippen LogP contribution is -2.25. The van der Waals surface area contributed by atoms with Gasteiger partial charge >= 0.3 is 12.0 Å². The van der Waals surface area contributed by atoms with Crippen LogP contribution in [0.3, 0.4) is 0 Å². The van der Waals surface area contributed by atoms with E-state index in [0.29, 0.717) is 17.1 Å². The molecule has 0 atom stereocenters. The summed E-state index contributed by atoms with van der Waals surface area (Å²) in [4.78, 5) is 34.9. The van der Waals surface area contributed by atoms with E-state index in [1.807, 2.05) is 0 Å². The Labute approximate surface area is 130 Å². The van der Waals surface area contributed by atoms with Crippen LogP contribution in [0.15, 0.2) is 46.5 Å². The largest absolute Gasteiger partial charge is 0.478 e. The number of imide groups is 1. The van der Waals surface area contributed by atoms with Crippen LogP contribution in [0, 0.1) is 0 Å². The van der Waals surface area contributed by atoms with Gasteiger partial charge in [0, 0.05) is 18.7 Å². The first-order valence-electron chi connectivity index (χ1n) is 6.70. The van der Waals surface area contributed by atoms with Crippen molar-refractivity contribution in [3.63, 3.8) is 0 Å². The summed E-state index contributed by atoms with van der Waals surface area (Å²) in [7, 11) is 1.38. The van der Waals surface area contributed by atoms with Gasteiger partial charge in [-0.05, 0) is 24.3 Å². The zero-order valence-electron chi connectivity index (χ0n) is 12.1. The van der Waals surface area contributed by atoms with Crippen LogP contribution in [0.4, 0.5) is 4.79 Å². The second kappa shape index (κ2) is 5.45. The number of nitrogens with zero attached hydrogens (tertiary/aromatic N) is 1. The Morgan fingerprint density at radius 1 is 1.17 bits per heavy atom. The molecular weight excluding hydrogens is 300 g/mol. The maximum Gasteiger partial charge on any atom is 0.335 e. The highest BCUT2D eigenvalue weighted by atomic mass is 16.4. The Hall–Kier alpha value is -3.35. The molecule has 1 fully saturated rings. The molecule has 1 aliphatic rings. The molecular formula is C16H12N2O5. The van der Waals surface area contributed by atoms with Crippen molar-refractivity contribution in [1.82, 2.24) is 10.2 Å². The number of nitrogens with one attached hydrogen (secondary N) is 1. The highest BCUT2D eigenvalue weighted by molar-refractivity contribution is 6.13. The summed E-state index contributed by atoms with van der Waals surface area (Å²) in [5.74, 6) is -0.500. The number of amides is 3. The summed E-state index contributed by atoms with van der Waals surface area (Å²) >= 11 is 0. The van der Waals surface area contributed by atoms with Crippen molar-refractivity contribution in [2.24, 2.45) is 0 Å². The van der Waals surface area contributed by atoms with Crippen molar-refractivity contribution >= 4 is 24.0 Å². The number of carbonyl (C=O) groups is 3. The van der Waals surface area contributed by atoms with Crippen LogP contribution in [-0.2, 0) is 4.79 Å². The Morgan fingerprint density at radius 3 is 2.43 bits per heavy atom. The summed E-state index contributed by atoms with van der Waals surface area (Å²) in [5.41, 5.74) is 1.03. The predicted molar refractivity (Wildman–Crippen MR) is 80.4 cm³/mol. The molecule has 2 aromatic rings. The fourth-order valence-corrected chi connectivity index (χ4v) is 2.13. The lowest BCUT2D eigenvalue weighted by Gasteiger charge is -1.99. The van der Waals surface area contributed by atoms with Crippen LogP contribution in [-0.4, -0.2) is 35.0 Å². The van der Waals surface area contributed by atoms with Crippen molar-refractivity contribution in [3.05, 3.63) is 53.4 Å². The normalized spacial score (nSPS) is 16.0. The average Bonchev–Trinajstić information content (AvgIpc) is 3.09. The molecule has 7 heteroatoms. The van der Waals surface area contributed by atoms with E-state index >= 15 is 0 Å². The third kappa shape index (κ3) is 2.71. The summed E-state index contributed by atoms with van der Waals surface area (Å²) in [6.45, 7) is 0. The van der Waals surface area contributed by atoms with Crippen molar-refractivity contribution in [2.75, 3.05) is 7.05 Å². The van der Waals surface area contributed by atoms with E-state index in [0.717, 1.165) is 4.90 Å². The number of carbonyl (C=O) groups excluding carboxylic acids is 2. The molecule has 0 radical (unpaired) electrons. The Kier molecular flexibility index (Phi) is 3.46. The topological polar surface area (TPSA) is 99.8 Å². The van der Waals surface area contributed by atoms with Crippen molar-refractivity contribution in [2.45, 2.75) is 0 Å². The monoisotopic (exact) mass is 312 g/mol. The molecule has 1 aliphatic heterocycles. The number of aromatic carboxylic acids is 1. The Bertz CT molecular complexity index is 832. The molecule has 7 nitrogen and oxygen atoms in total. The van der Waals surface area contributed by atoms with Crippen LogP contribution in [0.2, 0.25) is 0 Å². The number of benzene rings is 1. The third-order valence-electron chi connectivity index (χ3n) is 3.41. The number of carboxylic acids is 1. The first-order chi connectivity index (χ1) is 11.0. The number of rotatable bonds is 3. The van der Waals surface area contributed by atoms with E-state index in [9.17, 15) is 14.4 Å². The smallest absolute Gasteiger partial charge is 0.335 e. The molecule has 1 aromatic carbocycles. The molecule has 0 saturated carbocycles. The lowest BCUT2D eigenvalue weighted by molar-refractivity contribution is -0.121. The minimum atomic E-state index is -0.999. The van der Waals surface area contributed by atoms with E-state index in [2.05, 4.69) is 5.32 Å². The van der Waals surface area contributed by atoms with Crippen molar-refractivity contribution < 1.29 is 23.9 Å². The van der Waals surface area contributed by atoms with Crippen LogP contribution < -0.4 is 5.32 Å². The van der Waals surface area contributed by atoms with Gasteiger partial charge in [-0.15, -0.1) is 0 Å². The predicted octanol–water partition coefficient (Wildman–Crippen LogP) is 2.17. The number of likely N-dealkylation sites (N-methyl/N-ethyl adjacent to an activating group) is 1. The maximum atomic E-state index is 11.8. The van der Waals surface area contributed by atoms with Gasteiger partial charge in [-0.25, -0.2) is 9.59 Å². The van der Waals surface area contributed by atoms with Crippen molar-refractivity contribution in [1.29, 1.82) is 0 Å². The molecule has 23 heavy (non-hydrogen) atoms. The molecule has 2 heterocycles. The standard InChI is InChI=1S/C16H12N2O5/c1-18-14(19)12(17-16(18)22)8-11-6-7-13(23-11)9-2-4-10(5-3-9)15(20)21/h2-8H,1H3,(H,17,22)(H,20,21)/b12-8+. The van der Waals surface area contributed by atoms with E-state index in [1.54, 1.807) is 24.3 Å². The fourth-order valence-electron chi connectivity index (χ4n) is 2.13. The van der Waals surface area contributed by atoms with Crippen molar-refractivity contribution in [3.8, 4) is 11.3 Å². The minimum Gasteiger partial charge on any atom is -0.478 e. The average molecular weight is 312 g/mol. The molecule has 2 N–H and O–H groups in total. The van der Waals surface area contributed by atoms with Gasteiger partial charge in [-0.1, -0.05) is 12.1 Å². The van der Waals surface area contributed by atoms with E-state index < -0.39 is 17.9 Å². The Morgan fingerprint density at radius 2 is 1.87 bits per heavy atom. The molecule has 0 aliphatic carbocycles. The molecule has 3 amide bonds. The molecule has 0 spiro atoms. The molecule has 1 aromatic heterocycles. The number of carboxylic acid groups (broad SMARTS) is 1. The lowest BCUT2D eigenvalue weighted by atomic mass is 10.1. The summed E-state index contributed by atoms with van der Waals surface area (Å²) < 4.78 is 5.60. The highest BCUT2D eigenvalue weighted by Crippen LogP contribution is 2.24. The zero-order chi connectivity index (χ0) is 16.6. The van der Waals surface area contributed by atoms with Gasteiger partial charge in [0.25, 0.3) is 5.91 Å².